The molecule has 1 aromatic carbocycles. The van der Waals surface area contributed by atoms with E-state index in [0.29, 0.717) is 5.89 Å². The van der Waals surface area contributed by atoms with E-state index in [1.807, 2.05) is 37.3 Å². The highest BCUT2D eigenvalue weighted by molar-refractivity contribution is 5.22. The van der Waals surface area contributed by atoms with E-state index in [1.165, 1.54) is 0 Å². The highest BCUT2D eigenvalue weighted by Crippen LogP contribution is 2.46. The summed E-state index contributed by atoms with van der Waals surface area (Å²) in [7, 11) is 0. The minimum atomic E-state index is -0.124. The van der Waals surface area contributed by atoms with E-state index < -0.39 is 0 Å². The lowest BCUT2D eigenvalue weighted by molar-refractivity contribution is 0.338. The van der Waals surface area contributed by atoms with Gasteiger partial charge in [0.15, 0.2) is 5.82 Å². The molecule has 2 unspecified atom stereocenters. The molecule has 0 radical (unpaired) electrons. The number of nitrogens with two attached hydrogens (primary N) is 1. The molecule has 1 aliphatic carbocycles. The van der Waals surface area contributed by atoms with Gasteiger partial charge in [-0.2, -0.15) is 4.98 Å². The van der Waals surface area contributed by atoms with Gasteiger partial charge in [0.25, 0.3) is 0 Å². The predicted molar refractivity (Wildman–Crippen MR) is 72.7 cm³/mol. The van der Waals surface area contributed by atoms with Crippen molar-refractivity contribution in [2.75, 3.05) is 0 Å². The molecule has 100 valence electrons. The zero-order valence-corrected chi connectivity index (χ0v) is 11.3. The van der Waals surface area contributed by atoms with Crippen LogP contribution in [0.5, 0.6) is 0 Å². The van der Waals surface area contributed by atoms with Gasteiger partial charge >= 0.3 is 0 Å². The first kappa shape index (κ1) is 12.4. The van der Waals surface area contributed by atoms with Gasteiger partial charge < -0.3 is 10.3 Å². The summed E-state index contributed by atoms with van der Waals surface area (Å²) >= 11 is 0. The van der Waals surface area contributed by atoms with E-state index in [2.05, 4.69) is 17.1 Å². The SMILES string of the molecule is CC(c1nc(C2(C)CC2)no1)C(N)c1ccccc1. The largest absolute Gasteiger partial charge is 0.339 e. The standard InChI is InChI=1S/C15H19N3O/c1-10(12(16)11-6-4-3-5-7-11)13-17-14(18-19-13)15(2)8-9-15/h3-7,10,12H,8-9,16H2,1-2H3. The van der Waals surface area contributed by atoms with Crippen LogP contribution < -0.4 is 5.73 Å². The zero-order valence-electron chi connectivity index (χ0n) is 11.3. The monoisotopic (exact) mass is 257 g/mol. The number of hydrogen-bond acceptors (Lipinski definition) is 4. The van der Waals surface area contributed by atoms with Crippen LogP contribution in [-0.4, -0.2) is 10.1 Å². The van der Waals surface area contributed by atoms with E-state index in [4.69, 9.17) is 10.3 Å². The van der Waals surface area contributed by atoms with Crippen molar-refractivity contribution in [3.8, 4) is 0 Å². The topological polar surface area (TPSA) is 64.9 Å². The van der Waals surface area contributed by atoms with Crippen molar-refractivity contribution in [3.63, 3.8) is 0 Å². The Morgan fingerprint density at radius 3 is 2.58 bits per heavy atom. The number of aromatic nitrogens is 2. The summed E-state index contributed by atoms with van der Waals surface area (Å²) in [6.45, 7) is 4.20. The molecule has 19 heavy (non-hydrogen) atoms. The van der Waals surface area contributed by atoms with Crippen LogP contribution in [0.25, 0.3) is 0 Å². The highest BCUT2D eigenvalue weighted by Gasteiger charge is 2.44. The van der Waals surface area contributed by atoms with Crippen LogP contribution in [0.1, 0.15) is 55.9 Å². The molecule has 0 aliphatic heterocycles. The molecule has 4 nitrogen and oxygen atoms in total. The normalized spacial score (nSPS) is 19.9. The minimum Gasteiger partial charge on any atom is -0.339 e. The molecule has 1 aliphatic rings. The molecular formula is C15H19N3O. The molecule has 1 saturated carbocycles. The maximum Gasteiger partial charge on any atom is 0.231 e. The Bertz CT molecular complexity index is 560. The molecule has 2 atom stereocenters. The molecule has 1 fully saturated rings. The Morgan fingerprint density at radius 1 is 1.26 bits per heavy atom. The quantitative estimate of drug-likeness (QED) is 0.914. The number of rotatable bonds is 4. The molecule has 0 saturated heterocycles. The second-order valence-corrected chi connectivity index (χ2v) is 5.74. The third kappa shape index (κ3) is 2.28. The van der Waals surface area contributed by atoms with Crippen LogP contribution in [0, 0.1) is 0 Å². The van der Waals surface area contributed by atoms with Gasteiger partial charge in [0.1, 0.15) is 0 Å². The van der Waals surface area contributed by atoms with Crippen LogP contribution in [0.2, 0.25) is 0 Å². The lowest BCUT2D eigenvalue weighted by atomic mass is 9.95. The summed E-state index contributed by atoms with van der Waals surface area (Å²) in [5, 5.41) is 4.11. The van der Waals surface area contributed by atoms with Gasteiger partial charge in [-0.3, -0.25) is 0 Å². The van der Waals surface area contributed by atoms with Gasteiger partial charge in [0, 0.05) is 11.5 Å². The van der Waals surface area contributed by atoms with Crippen molar-refractivity contribution in [2.45, 2.75) is 44.1 Å². The third-order valence-electron chi connectivity index (χ3n) is 4.09. The first-order valence-electron chi connectivity index (χ1n) is 6.75. The van der Waals surface area contributed by atoms with Crippen LogP contribution in [0.4, 0.5) is 0 Å². The second-order valence-electron chi connectivity index (χ2n) is 5.74. The van der Waals surface area contributed by atoms with E-state index in [9.17, 15) is 0 Å². The Morgan fingerprint density at radius 2 is 1.95 bits per heavy atom. The molecule has 0 bridgehead atoms. The van der Waals surface area contributed by atoms with Crippen LogP contribution in [0.15, 0.2) is 34.9 Å². The maximum absolute atomic E-state index is 6.28. The highest BCUT2D eigenvalue weighted by atomic mass is 16.5. The van der Waals surface area contributed by atoms with Crippen molar-refractivity contribution >= 4 is 0 Å². The van der Waals surface area contributed by atoms with Crippen LogP contribution in [-0.2, 0) is 5.41 Å². The summed E-state index contributed by atoms with van der Waals surface area (Å²) in [5.74, 6) is 1.49. The molecular weight excluding hydrogens is 238 g/mol. The van der Waals surface area contributed by atoms with E-state index >= 15 is 0 Å². The molecule has 3 rings (SSSR count). The van der Waals surface area contributed by atoms with E-state index in [-0.39, 0.29) is 17.4 Å². The van der Waals surface area contributed by atoms with Gasteiger partial charge in [0.2, 0.25) is 5.89 Å². The third-order valence-corrected chi connectivity index (χ3v) is 4.09. The lowest BCUT2D eigenvalue weighted by Crippen LogP contribution is -2.18. The molecule has 1 aromatic heterocycles. The molecule has 1 heterocycles. The van der Waals surface area contributed by atoms with Crippen molar-refractivity contribution < 1.29 is 4.52 Å². The molecule has 4 heteroatoms. The van der Waals surface area contributed by atoms with Gasteiger partial charge in [-0.1, -0.05) is 49.3 Å². The first-order chi connectivity index (χ1) is 9.10. The van der Waals surface area contributed by atoms with E-state index in [0.717, 1.165) is 24.2 Å². The fraction of sp³-hybridized carbons (Fsp3) is 0.467. The summed E-state index contributed by atoms with van der Waals surface area (Å²) < 4.78 is 5.39. The Labute approximate surface area is 113 Å². The van der Waals surface area contributed by atoms with Crippen molar-refractivity contribution in [3.05, 3.63) is 47.6 Å². The summed E-state index contributed by atoms with van der Waals surface area (Å²) in [4.78, 5) is 4.53. The average Bonchev–Trinajstić information content (AvgIpc) is 3.01. The van der Waals surface area contributed by atoms with Gasteiger partial charge in [-0.25, -0.2) is 0 Å². The first-order valence-corrected chi connectivity index (χ1v) is 6.75. The molecule has 2 N–H and O–H groups in total. The second kappa shape index (κ2) is 4.46. The van der Waals surface area contributed by atoms with Crippen LogP contribution in [0.3, 0.4) is 0 Å². The number of hydrogen-bond donors (Lipinski definition) is 1. The summed E-state index contributed by atoms with van der Waals surface area (Å²) in [5.41, 5.74) is 7.50. The number of benzene rings is 1. The smallest absolute Gasteiger partial charge is 0.231 e. The van der Waals surface area contributed by atoms with Crippen molar-refractivity contribution in [2.24, 2.45) is 5.73 Å². The Kier molecular flexibility index (Phi) is 2.90. The molecule has 0 amide bonds. The van der Waals surface area contributed by atoms with Crippen molar-refractivity contribution in [1.29, 1.82) is 0 Å². The maximum atomic E-state index is 6.28. The van der Waals surface area contributed by atoms with Gasteiger partial charge in [-0.15, -0.1) is 0 Å². The molecule has 2 aromatic rings. The molecule has 0 spiro atoms. The predicted octanol–water partition coefficient (Wildman–Crippen LogP) is 2.92. The fourth-order valence-corrected chi connectivity index (χ4v) is 2.19. The number of nitrogens with zero attached hydrogens (tertiary/aromatic N) is 2. The van der Waals surface area contributed by atoms with Gasteiger partial charge in [0.05, 0.1) is 5.92 Å². The average molecular weight is 257 g/mol. The summed E-state index contributed by atoms with van der Waals surface area (Å²) in [6, 6.07) is 9.90. The lowest BCUT2D eigenvalue weighted by Gasteiger charge is -2.16. The van der Waals surface area contributed by atoms with Crippen molar-refractivity contribution in [1.82, 2.24) is 10.1 Å². The summed E-state index contributed by atoms with van der Waals surface area (Å²) in [6.07, 6.45) is 2.29. The van der Waals surface area contributed by atoms with Gasteiger partial charge in [-0.05, 0) is 18.4 Å². The van der Waals surface area contributed by atoms with Crippen LogP contribution >= 0.6 is 0 Å². The van der Waals surface area contributed by atoms with E-state index in [1.54, 1.807) is 0 Å². The Hall–Kier alpha value is -1.68. The Balaban J connectivity index is 1.80. The fourth-order valence-electron chi connectivity index (χ4n) is 2.19. The zero-order chi connectivity index (χ0) is 13.5. The minimum absolute atomic E-state index is 0.0194.